The van der Waals surface area contributed by atoms with E-state index in [4.69, 9.17) is 4.74 Å². The number of para-hydroxylation sites is 1. The zero-order valence-corrected chi connectivity index (χ0v) is 13.6. The predicted octanol–water partition coefficient (Wildman–Crippen LogP) is 3.19. The summed E-state index contributed by atoms with van der Waals surface area (Å²) in [5.41, 5.74) is 2.58. The van der Waals surface area contributed by atoms with E-state index in [1.807, 2.05) is 0 Å². The number of fused-ring (bicyclic) bond motifs is 1. The fourth-order valence-electron chi connectivity index (χ4n) is 3.15. The summed E-state index contributed by atoms with van der Waals surface area (Å²) in [5, 5.41) is 3.91. The Hall–Kier alpha value is -2.30. The SMILES string of the molecule is C[C@H](CCN=C1NC(=O)CO1)C[C@@H](C)c1c[nH]c2ccccc12. The Labute approximate surface area is 136 Å². The number of benzene rings is 1. The van der Waals surface area contributed by atoms with E-state index in [0.717, 1.165) is 12.8 Å². The molecule has 1 aromatic carbocycles. The van der Waals surface area contributed by atoms with Gasteiger partial charge in [0.05, 0.1) is 0 Å². The number of nitrogens with zero attached hydrogens (tertiary/aromatic N) is 1. The minimum Gasteiger partial charge on any atom is -0.455 e. The standard InChI is InChI=1S/C18H23N3O2/c1-12(7-8-19-18-21-17(22)11-23-18)9-13(2)15-10-20-16-6-4-3-5-14(15)16/h3-6,10,12-13,20H,7-9,11H2,1-2H3,(H,19,21,22)/t12-,13-/m1/s1. The molecule has 0 aliphatic carbocycles. The maximum atomic E-state index is 11.0. The van der Waals surface area contributed by atoms with Crippen LogP contribution >= 0.6 is 0 Å². The molecule has 1 fully saturated rings. The lowest BCUT2D eigenvalue weighted by molar-refractivity contribution is -0.119. The van der Waals surface area contributed by atoms with Gasteiger partial charge in [-0.3, -0.25) is 10.1 Å². The largest absolute Gasteiger partial charge is 0.455 e. The molecule has 1 saturated heterocycles. The van der Waals surface area contributed by atoms with E-state index in [0.29, 0.717) is 24.4 Å². The summed E-state index contributed by atoms with van der Waals surface area (Å²) in [6.45, 7) is 5.29. The van der Waals surface area contributed by atoms with E-state index in [1.54, 1.807) is 0 Å². The van der Waals surface area contributed by atoms with Crippen molar-refractivity contribution in [1.29, 1.82) is 0 Å². The maximum Gasteiger partial charge on any atom is 0.292 e. The number of carbonyl (C=O) groups is 1. The topological polar surface area (TPSA) is 66.5 Å². The fourth-order valence-corrected chi connectivity index (χ4v) is 3.15. The highest BCUT2D eigenvalue weighted by molar-refractivity contribution is 5.99. The van der Waals surface area contributed by atoms with Gasteiger partial charge in [-0.25, -0.2) is 4.99 Å². The van der Waals surface area contributed by atoms with Crippen molar-refractivity contribution in [3.05, 3.63) is 36.0 Å². The first-order valence-electron chi connectivity index (χ1n) is 8.16. The van der Waals surface area contributed by atoms with Gasteiger partial charge in [-0.05, 0) is 36.3 Å². The van der Waals surface area contributed by atoms with Gasteiger partial charge in [0.2, 0.25) is 0 Å². The van der Waals surface area contributed by atoms with E-state index in [-0.39, 0.29) is 12.5 Å². The van der Waals surface area contributed by atoms with Crippen molar-refractivity contribution in [2.75, 3.05) is 13.2 Å². The van der Waals surface area contributed by atoms with Crippen LogP contribution in [0, 0.1) is 5.92 Å². The Morgan fingerprint density at radius 3 is 2.91 bits per heavy atom. The summed E-state index contributed by atoms with van der Waals surface area (Å²) in [4.78, 5) is 18.7. The van der Waals surface area contributed by atoms with Crippen molar-refractivity contribution >= 4 is 22.8 Å². The molecule has 1 aliphatic rings. The van der Waals surface area contributed by atoms with Gasteiger partial charge < -0.3 is 9.72 Å². The van der Waals surface area contributed by atoms with Crippen LogP contribution in [0.4, 0.5) is 0 Å². The zero-order valence-electron chi connectivity index (χ0n) is 13.6. The van der Waals surface area contributed by atoms with Crippen molar-refractivity contribution in [2.45, 2.75) is 32.6 Å². The molecule has 1 aromatic heterocycles. The third-order valence-electron chi connectivity index (χ3n) is 4.37. The number of aromatic nitrogens is 1. The molecular weight excluding hydrogens is 290 g/mol. The smallest absolute Gasteiger partial charge is 0.292 e. The first kappa shape index (κ1) is 15.6. The number of hydrogen-bond acceptors (Lipinski definition) is 3. The number of nitrogens with one attached hydrogen (secondary N) is 2. The van der Waals surface area contributed by atoms with Crippen molar-refractivity contribution < 1.29 is 9.53 Å². The average molecular weight is 313 g/mol. The lowest BCUT2D eigenvalue weighted by atomic mass is 9.89. The second-order valence-electron chi connectivity index (χ2n) is 6.34. The average Bonchev–Trinajstić information content (AvgIpc) is 3.13. The molecule has 23 heavy (non-hydrogen) atoms. The molecule has 3 rings (SSSR count). The number of aromatic amines is 1. The Morgan fingerprint density at radius 2 is 2.13 bits per heavy atom. The monoisotopic (exact) mass is 313 g/mol. The van der Waals surface area contributed by atoms with Gasteiger partial charge >= 0.3 is 0 Å². The lowest BCUT2D eigenvalue weighted by Crippen LogP contribution is -2.21. The summed E-state index contributed by atoms with van der Waals surface area (Å²) in [7, 11) is 0. The van der Waals surface area contributed by atoms with Crippen LogP contribution in [-0.4, -0.2) is 30.1 Å². The highest BCUT2D eigenvalue weighted by Crippen LogP contribution is 2.30. The molecule has 2 N–H and O–H groups in total. The summed E-state index contributed by atoms with van der Waals surface area (Å²) in [6, 6.07) is 8.79. The number of aliphatic imine (C=N–C) groups is 1. The van der Waals surface area contributed by atoms with E-state index in [1.165, 1.54) is 16.5 Å². The number of carbonyl (C=O) groups excluding carboxylic acids is 1. The molecule has 5 nitrogen and oxygen atoms in total. The lowest BCUT2D eigenvalue weighted by Gasteiger charge is -2.16. The van der Waals surface area contributed by atoms with Gasteiger partial charge in [-0.2, -0.15) is 0 Å². The molecule has 0 bridgehead atoms. The van der Waals surface area contributed by atoms with Crippen LogP contribution in [0.25, 0.3) is 10.9 Å². The Bertz CT molecular complexity index is 720. The van der Waals surface area contributed by atoms with Crippen molar-refractivity contribution in [1.82, 2.24) is 10.3 Å². The molecule has 5 heteroatoms. The molecule has 0 radical (unpaired) electrons. The van der Waals surface area contributed by atoms with Crippen LogP contribution in [0.15, 0.2) is 35.5 Å². The van der Waals surface area contributed by atoms with Crippen LogP contribution < -0.4 is 5.32 Å². The van der Waals surface area contributed by atoms with E-state index >= 15 is 0 Å². The van der Waals surface area contributed by atoms with Gasteiger partial charge in [-0.15, -0.1) is 0 Å². The van der Waals surface area contributed by atoms with E-state index < -0.39 is 0 Å². The Morgan fingerprint density at radius 1 is 1.30 bits per heavy atom. The fraction of sp³-hybridized carbons (Fsp3) is 0.444. The second kappa shape index (κ2) is 6.86. The van der Waals surface area contributed by atoms with Gasteiger partial charge in [0.25, 0.3) is 11.9 Å². The van der Waals surface area contributed by atoms with Crippen LogP contribution in [0.2, 0.25) is 0 Å². The maximum absolute atomic E-state index is 11.0. The number of amidine groups is 1. The molecule has 1 aliphatic heterocycles. The summed E-state index contributed by atoms with van der Waals surface area (Å²) in [5.74, 6) is 0.932. The van der Waals surface area contributed by atoms with Crippen LogP contribution in [-0.2, 0) is 9.53 Å². The predicted molar refractivity (Wildman–Crippen MR) is 91.5 cm³/mol. The summed E-state index contributed by atoms with van der Waals surface area (Å²) in [6.07, 6.45) is 4.22. The molecule has 1 amide bonds. The third-order valence-corrected chi connectivity index (χ3v) is 4.37. The number of rotatable bonds is 6. The molecule has 2 aromatic rings. The molecule has 2 heterocycles. The number of hydrogen-bond donors (Lipinski definition) is 2. The first-order valence-corrected chi connectivity index (χ1v) is 8.16. The molecule has 0 spiro atoms. The zero-order chi connectivity index (χ0) is 16.2. The second-order valence-corrected chi connectivity index (χ2v) is 6.34. The van der Waals surface area contributed by atoms with Crippen LogP contribution in [0.1, 0.15) is 38.2 Å². The molecule has 0 saturated carbocycles. The minimum atomic E-state index is -0.121. The number of amides is 1. The molecule has 0 unspecified atom stereocenters. The summed E-state index contributed by atoms with van der Waals surface area (Å²) < 4.78 is 5.12. The minimum absolute atomic E-state index is 0.0893. The van der Waals surface area contributed by atoms with Gasteiger partial charge in [0.1, 0.15) is 0 Å². The highest BCUT2D eigenvalue weighted by atomic mass is 16.5. The quantitative estimate of drug-likeness (QED) is 0.860. The van der Waals surface area contributed by atoms with Gasteiger partial charge in [0, 0.05) is 23.6 Å². The van der Waals surface area contributed by atoms with E-state index in [9.17, 15) is 4.79 Å². The summed E-state index contributed by atoms with van der Waals surface area (Å²) >= 11 is 0. The van der Waals surface area contributed by atoms with Crippen molar-refractivity contribution in [3.63, 3.8) is 0 Å². The van der Waals surface area contributed by atoms with Crippen molar-refractivity contribution in [2.24, 2.45) is 10.9 Å². The van der Waals surface area contributed by atoms with Gasteiger partial charge in [0.15, 0.2) is 6.61 Å². The molecule has 122 valence electrons. The first-order chi connectivity index (χ1) is 11.1. The van der Waals surface area contributed by atoms with Crippen LogP contribution in [0.3, 0.4) is 0 Å². The van der Waals surface area contributed by atoms with Crippen molar-refractivity contribution in [3.8, 4) is 0 Å². The van der Waals surface area contributed by atoms with Gasteiger partial charge in [-0.1, -0.05) is 32.0 Å². The molecule has 2 atom stereocenters. The van der Waals surface area contributed by atoms with Crippen LogP contribution in [0.5, 0.6) is 0 Å². The number of H-pyrrole nitrogens is 1. The Kier molecular flexibility index (Phi) is 4.65. The number of ether oxygens (including phenoxy) is 1. The third kappa shape index (κ3) is 3.73. The van der Waals surface area contributed by atoms with E-state index in [2.05, 4.69) is 59.6 Å². The highest BCUT2D eigenvalue weighted by Gasteiger charge is 2.17. The molecular formula is C18H23N3O2. The normalized spacial score (nSPS) is 18.9. The Balaban J connectivity index is 1.53.